The Morgan fingerprint density at radius 1 is 1.22 bits per heavy atom. The third-order valence-electron chi connectivity index (χ3n) is 3.36. The van der Waals surface area contributed by atoms with Crippen LogP contribution >= 0.6 is 0 Å². The summed E-state index contributed by atoms with van der Waals surface area (Å²) in [5.41, 5.74) is 0.822. The van der Waals surface area contributed by atoms with E-state index in [0.29, 0.717) is 6.42 Å². The van der Waals surface area contributed by atoms with Gasteiger partial charge in [-0.25, -0.2) is 18.4 Å². The van der Waals surface area contributed by atoms with Crippen molar-refractivity contribution in [2.45, 2.75) is 24.6 Å². The van der Waals surface area contributed by atoms with Crippen LogP contribution in [0.1, 0.15) is 23.9 Å². The van der Waals surface area contributed by atoms with Gasteiger partial charge in [-0.15, -0.1) is 0 Å². The van der Waals surface area contributed by atoms with Gasteiger partial charge in [0, 0.05) is 12.3 Å². The second-order valence-electron chi connectivity index (χ2n) is 4.47. The summed E-state index contributed by atoms with van der Waals surface area (Å²) >= 11 is 0. The van der Waals surface area contributed by atoms with E-state index >= 15 is 0 Å². The first-order chi connectivity index (χ1) is 8.74. The lowest BCUT2D eigenvalue weighted by Gasteiger charge is -2.12. The molecule has 1 fully saturated rings. The van der Waals surface area contributed by atoms with Crippen LogP contribution in [-0.4, -0.2) is 20.9 Å². The molecule has 1 radical (unpaired) electrons. The zero-order chi connectivity index (χ0) is 12.5. The smallest absolute Gasteiger partial charge is 0.137 e. The largest absolute Gasteiger partial charge is 0.250 e. The van der Waals surface area contributed by atoms with E-state index in [1.807, 2.05) is 0 Å². The van der Waals surface area contributed by atoms with Gasteiger partial charge in [-0.05, 0) is 24.1 Å². The summed E-state index contributed by atoms with van der Waals surface area (Å²) in [4.78, 5) is 3.86. The number of rotatable bonds is 2. The molecular formula is C13H12F2N3. The van der Waals surface area contributed by atoms with Crippen molar-refractivity contribution in [3.05, 3.63) is 54.7 Å². The predicted molar refractivity (Wildman–Crippen MR) is 62.0 cm³/mol. The highest BCUT2D eigenvalue weighted by molar-refractivity contribution is 5.25. The fourth-order valence-corrected chi connectivity index (χ4v) is 2.43. The summed E-state index contributed by atoms with van der Waals surface area (Å²) in [5.74, 6) is -0.538. The van der Waals surface area contributed by atoms with Gasteiger partial charge in [0.05, 0.1) is 6.04 Å². The summed E-state index contributed by atoms with van der Waals surface area (Å²) in [6.07, 6.45) is 4.23. The Morgan fingerprint density at radius 2 is 2.00 bits per heavy atom. The van der Waals surface area contributed by atoms with E-state index in [1.54, 1.807) is 29.6 Å². The van der Waals surface area contributed by atoms with Gasteiger partial charge in [-0.3, -0.25) is 0 Å². The molecule has 0 spiro atoms. The normalized spacial score (nSPS) is 27.6. The molecule has 1 aliphatic carbocycles. The minimum Gasteiger partial charge on any atom is -0.250 e. The van der Waals surface area contributed by atoms with Gasteiger partial charge in [-0.2, -0.15) is 5.10 Å². The molecule has 2 aromatic rings. The predicted octanol–water partition coefficient (Wildman–Crippen LogP) is 2.69. The van der Waals surface area contributed by atoms with E-state index < -0.39 is 6.17 Å². The van der Waals surface area contributed by atoms with E-state index in [9.17, 15) is 8.78 Å². The molecule has 93 valence electrons. The van der Waals surface area contributed by atoms with Gasteiger partial charge < -0.3 is 0 Å². The number of halogens is 2. The van der Waals surface area contributed by atoms with Crippen molar-refractivity contribution in [2.24, 2.45) is 0 Å². The third kappa shape index (κ3) is 2.00. The molecule has 5 heteroatoms. The van der Waals surface area contributed by atoms with Crippen LogP contribution in [0.4, 0.5) is 8.78 Å². The van der Waals surface area contributed by atoms with E-state index in [2.05, 4.69) is 10.1 Å². The Balaban J connectivity index is 1.80. The lowest BCUT2D eigenvalue weighted by atomic mass is 9.96. The van der Waals surface area contributed by atoms with Crippen LogP contribution < -0.4 is 0 Å². The molecule has 1 aromatic heterocycles. The lowest BCUT2D eigenvalue weighted by Crippen LogP contribution is -2.06. The summed E-state index contributed by atoms with van der Waals surface area (Å²) in [6.45, 7) is 0. The minimum atomic E-state index is -1.04. The molecular weight excluding hydrogens is 236 g/mol. The molecule has 0 saturated heterocycles. The zero-order valence-electron chi connectivity index (χ0n) is 9.58. The van der Waals surface area contributed by atoms with Gasteiger partial charge in [0.25, 0.3) is 0 Å². The van der Waals surface area contributed by atoms with Crippen LogP contribution in [-0.2, 0) is 0 Å². The molecule has 1 saturated carbocycles. The highest BCUT2D eigenvalue weighted by Crippen LogP contribution is 2.41. The fraction of sp³-hybridized carbons (Fsp3) is 0.308. The lowest BCUT2D eigenvalue weighted by molar-refractivity contribution is 0.350. The molecule has 1 heterocycles. The summed E-state index contributed by atoms with van der Waals surface area (Å²) in [7, 11) is 0. The van der Waals surface area contributed by atoms with Crippen LogP contribution in [0.2, 0.25) is 0 Å². The Hall–Kier alpha value is -1.78. The van der Waals surface area contributed by atoms with Gasteiger partial charge in [0.2, 0.25) is 0 Å². The van der Waals surface area contributed by atoms with Gasteiger partial charge in [-0.1, -0.05) is 12.1 Å². The van der Waals surface area contributed by atoms with Gasteiger partial charge in [0.15, 0.2) is 0 Å². The number of hydrogen-bond acceptors (Lipinski definition) is 2. The number of aromatic nitrogens is 3. The maximum atomic E-state index is 14.0. The Morgan fingerprint density at radius 3 is 2.67 bits per heavy atom. The monoisotopic (exact) mass is 248 g/mol. The maximum absolute atomic E-state index is 14.0. The van der Waals surface area contributed by atoms with E-state index in [4.69, 9.17) is 0 Å². The van der Waals surface area contributed by atoms with Crippen molar-refractivity contribution in [1.82, 2.24) is 14.8 Å². The summed E-state index contributed by atoms with van der Waals surface area (Å²) < 4.78 is 28.5. The second-order valence-corrected chi connectivity index (χ2v) is 4.47. The van der Waals surface area contributed by atoms with Crippen LogP contribution in [0, 0.1) is 12.2 Å². The molecule has 3 nitrogen and oxygen atoms in total. The average molecular weight is 248 g/mol. The van der Waals surface area contributed by atoms with E-state index in [1.165, 1.54) is 18.5 Å². The molecule has 3 atom stereocenters. The highest BCUT2D eigenvalue weighted by Gasteiger charge is 2.37. The standard InChI is InChI=1S/C13H12F2N3/c14-10-3-1-9(2-4-10)12-5-11(6-13(12)15)18-8-16-7-17-18/h1-4,6-8,11-13H,5H2/t11-,12-,13+/m0/s1. The van der Waals surface area contributed by atoms with Crippen LogP contribution in [0.3, 0.4) is 0 Å². The van der Waals surface area contributed by atoms with Gasteiger partial charge in [0.1, 0.15) is 24.6 Å². The zero-order valence-corrected chi connectivity index (χ0v) is 9.58. The topological polar surface area (TPSA) is 30.7 Å². The van der Waals surface area contributed by atoms with Crippen molar-refractivity contribution in [3.8, 4) is 0 Å². The minimum absolute atomic E-state index is 0.0856. The van der Waals surface area contributed by atoms with Crippen molar-refractivity contribution >= 4 is 0 Å². The van der Waals surface area contributed by atoms with E-state index in [-0.39, 0.29) is 17.8 Å². The molecule has 3 rings (SSSR count). The first-order valence-corrected chi connectivity index (χ1v) is 5.82. The van der Waals surface area contributed by atoms with Crippen LogP contribution in [0.25, 0.3) is 0 Å². The first kappa shape index (κ1) is 11.3. The van der Waals surface area contributed by atoms with Crippen LogP contribution in [0.15, 0.2) is 36.9 Å². The Labute approximate surface area is 103 Å². The molecule has 1 aliphatic rings. The molecule has 0 N–H and O–H groups in total. The first-order valence-electron chi connectivity index (χ1n) is 5.82. The third-order valence-corrected chi connectivity index (χ3v) is 3.36. The molecule has 18 heavy (non-hydrogen) atoms. The average Bonchev–Trinajstić information content (AvgIpc) is 2.99. The number of hydrogen-bond donors (Lipinski definition) is 0. The SMILES string of the molecule is Fc1ccc([C@@H]2C[C@H](n3cncn3)[CH][C@H]2F)cc1. The highest BCUT2D eigenvalue weighted by atomic mass is 19.1. The Bertz CT molecular complexity index is 510. The number of benzene rings is 1. The van der Waals surface area contributed by atoms with Gasteiger partial charge >= 0.3 is 0 Å². The number of alkyl halides is 1. The second kappa shape index (κ2) is 4.48. The Kier molecular flexibility index (Phi) is 2.81. The maximum Gasteiger partial charge on any atom is 0.137 e. The van der Waals surface area contributed by atoms with Crippen molar-refractivity contribution < 1.29 is 8.78 Å². The molecule has 0 amide bonds. The quantitative estimate of drug-likeness (QED) is 0.818. The van der Waals surface area contributed by atoms with E-state index in [0.717, 1.165) is 5.56 Å². The summed E-state index contributed by atoms with van der Waals surface area (Å²) in [5, 5.41) is 4.02. The fourth-order valence-electron chi connectivity index (χ4n) is 2.43. The molecule has 0 bridgehead atoms. The molecule has 0 unspecified atom stereocenters. The van der Waals surface area contributed by atoms with Crippen molar-refractivity contribution in [2.75, 3.05) is 0 Å². The summed E-state index contributed by atoms with van der Waals surface area (Å²) in [6, 6.07) is 5.93. The van der Waals surface area contributed by atoms with Crippen molar-refractivity contribution in [1.29, 1.82) is 0 Å². The molecule has 0 aliphatic heterocycles. The number of nitrogens with zero attached hydrogens (tertiary/aromatic N) is 3. The molecule has 1 aromatic carbocycles. The van der Waals surface area contributed by atoms with Crippen molar-refractivity contribution in [3.63, 3.8) is 0 Å². The van der Waals surface area contributed by atoms with Crippen LogP contribution in [0.5, 0.6) is 0 Å².